The number of aromatic nitrogens is 1. The summed E-state index contributed by atoms with van der Waals surface area (Å²) in [5.41, 5.74) is 0. The molecule has 18 heavy (non-hydrogen) atoms. The molecule has 0 saturated carbocycles. The van der Waals surface area contributed by atoms with Gasteiger partial charge in [-0.2, -0.15) is 0 Å². The minimum absolute atomic E-state index is 0.0779. The lowest BCUT2D eigenvalue weighted by Gasteiger charge is -2.15. The standard InChI is InChI=1S/C7H4ClF3INO4S/c1-16-5-4(17-7(9,10)11)3(12)2-13-6(5)18(8,14)15/h2H,1H3. The smallest absolute Gasteiger partial charge is 0.490 e. The van der Waals surface area contributed by atoms with Gasteiger partial charge in [0.05, 0.1) is 10.7 Å². The first-order valence-electron chi connectivity index (χ1n) is 3.99. The maximum Gasteiger partial charge on any atom is 0.573 e. The highest BCUT2D eigenvalue weighted by Gasteiger charge is 2.36. The van der Waals surface area contributed by atoms with E-state index in [1.54, 1.807) is 0 Å². The third-order valence-electron chi connectivity index (χ3n) is 1.57. The number of halogens is 5. The summed E-state index contributed by atoms with van der Waals surface area (Å²) in [5, 5.41) is -0.841. The second-order valence-corrected chi connectivity index (χ2v) is 6.40. The molecule has 0 saturated heterocycles. The van der Waals surface area contributed by atoms with Crippen molar-refractivity contribution in [3.8, 4) is 11.5 Å². The Hall–Kier alpha value is -0.490. The Morgan fingerprint density at radius 2 is 1.94 bits per heavy atom. The molecule has 5 nitrogen and oxygen atoms in total. The molecule has 11 heteroatoms. The van der Waals surface area contributed by atoms with E-state index in [0.29, 0.717) is 0 Å². The van der Waals surface area contributed by atoms with E-state index >= 15 is 0 Å². The van der Waals surface area contributed by atoms with Gasteiger partial charge >= 0.3 is 6.36 Å². The summed E-state index contributed by atoms with van der Waals surface area (Å²) in [4.78, 5) is 3.41. The van der Waals surface area contributed by atoms with Crippen LogP contribution >= 0.6 is 33.3 Å². The molecule has 0 radical (unpaired) electrons. The van der Waals surface area contributed by atoms with E-state index in [2.05, 4.69) is 14.5 Å². The quantitative estimate of drug-likeness (QED) is 0.559. The van der Waals surface area contributed by atoms with Gasteiger partial charge in [-0.3, -0.25) is 0 Å². The predicted octanol–water partition coefficient (Wildman–Crippen LogP) is 2.52. The number of ether oxygens (including phenoxy) is 2. The molecule has 0 spiro atoms. The highest BCUT2D eigenvalue weighted by atomic mass is 127. The number of methoxy groups -OCH3 is 1. The van der Waals surface area contributed by atoms with Crippen molar-refractivity contribution in [2.45, 2.75) is 11.4 Å². The molecular weight excluding hydrogens is 413 g/mol. The van der Waals surface area contributed by atoms with Crippen LogP contribution in [-0.4, -0.2) is 26.9 Å². The topological polar surface area (TPSA) is 65.5 Å². The van der Waals surface area contributed by atoms with Crippen LogP contribution in [0.15, 0.2) is 11.2 Å². The van der Waals surface area contributed by atoms with E-state index in [1.807, 2.05) is 0 Å². The normalized spacial score (nSPS) is 12.3. The van der Waals surface area contributed by atoms with Crippen molar-refractivity contribution in [2.75, 3.05) is 7.11 Å². The molecule has 0 unspecified atom stereocenters. The largest absolute Gasteiger partial charge is 0.573 e. The predicted molar refractivity (Wildman–Crippen MR) is 63.2 cm³/mol. The van der Waals surface area contributed by atoms with Crippen LogP contribution in [0.2, 0.25) is 0 Å². The van der Waals surface area contributed by atoms with Crippen molar-refractivity contribution in [3.63, 3.8) is 0 Å². The minimum Gasteiger partial charge on any atom is -0.490 e. The Kier molecular flexibility index (Phi) is 4.54. The van der Waals surface area contributed by atoms with E-state index < -0.39 is 31.9 Å². The second-order valence-electron chi connectivity index (χ2n) is 2.76. The fraction of sp³-hybridized carbons (Fsp3) is 0.286. The van der Waals surface area contributed by atoms with Gasteiger partial charge in [-0.05, 0) is 22.6 Å². The second kappa shape index (κ2) is 5.25. The summed E-state index contributed by atoms with van der Waals surface area (Å²) >= 11 is 1.49. The van der Waals surface area contributed by atoms with Crippen LogP contribution < -0.4 is 9.47 Å². The van der Waals surface area contributed by atoms with Crippen molar-refractivity contribution in [1.82, 2.24) is 4.98 Å². The molecule has 0 aliphatic carbocycles. The highest BCUT2D eigenvalue weighted by molar-refractivity contribution is 14.1. The van der Waals surface area contributed by atoms with Crippen molar-refractivity contribution in [2.24, 2.45) is 0 Å². The highest BCUT2D eigenvalue weighted by Crippen LogP contribution is 2.40. The molecule has 102 valence electrons. The molecule has 0 fully saturated rings. The van der Waals surface area contributed by atoms with Crippen LogP contribution in [-0.2, 0) is 9.05 Å². The third kappa shape index (κ3) is 3.75. The van der Waals surface area contributed by atoms with Crippen LogP contribution in [0.4, 0.5) is 13.2 Å². The Bertz CT molecular complexity index is 563. The van der Waals surface area contributed by atoms with Gasteiger partial charge < -0.3 is 9.47 Å². The Morgan fingerprint density at radius 3 is 2.33 bits per heavy atom. The Morgan fingerprint density at radius 1 is 1.39 bits per heavy atom. The number of hydrogen-bond donors (Lipinski definition) is 0. The lowest BCUT2D eigenvalue weighted by molar-refractivity contribution is -0.275. The number of rotatable bonds is 3. The van der Waals surface area contributed by atoms with E-state index in [9.17, 15) is 21.6 Å². The Labute approximate surface area is 118 Å². The monoisotopic (exact) mass is 417 g/mol. The molecule has 0 bridgehead atoms. The first kappa shape index (κ1) is 15.6. The van der Waals surface area contributed by atoms with Crippen LogP contribution in [0.1, 0.15) is 0 Å². The summed E-state index contributed by atoms with van der Waals surface area (Å²) in [6.45, 7) is 0. The zero-order valence-electron chi connectivity index (χ0n) is 8.46. The molecule has 1 heterocycles. The molecule has 0 N–H and O–H groups in total. The van der Waals surface area contributed by atoms with Crippen molar-refractivity contribution >= 4 is 42.3 Å². The van der Waals surface area contributed by atoms with Crippen LogP contribution in [0, 0.1) is 3.57 Å². The van der Waals surface area contributed by atoms with Crippen molar-refractivity contribution in [3.05, 3.63) is 9.77 Å². The zero-order valence-corrected chi connectivity index (χ0v) is 12.2. The summed E-state index contributed by atoms with van der Waals surface area (Å²) in [5.74, 6) is -1.51. The van der Waals surface area contributed by atoms with Gasteiger partial charge in [-0.15, -0.1) is 13.2 Å². The van der Waals surface area contributed by atoms with Crippen LogP contribution in [0.25, 0.3) is 0 Å². The van der Waals surface area contributed by atoms with Gasteiger partial charge in [-0.25, -0.2) is 13.4 Å². The molecule has 0 aromatic carbocycles. The molecular formula is C7H4ClF3INO4S. The number of hydrogen-bond acceptors (Lipinski definition) is 5. The first-order chi connectivity index (χ1) is 8.06. The average Bonchev–Trinajstić information content (AvgIpc) is 2.17. The van der Waals surface area contributed by atoms with E-state index in [1.165, 1.54) is 22.6 Å². The summed E-state index contributed by atoms with van der Waals surface area (Å²) in [6.07, 6.45) is -4.12. The lowest BCUT2D eigenvalue weighted by Crippen LogP contribution is -2.19. The lowest BCUT2D eigenvalue weighted by atomic mass is 10.4. The van der Waals surface area contributed by atoms with Crippen LogP contribution in [0.3, 0.4) is 0 Å². The third-order valence-corrected chi connectivity index (χ3v) is 3.52. The first-order valence-corrected chi connectivity index (χ1v) is 7.38. The van der Waals surface area contributed by atoms with Gasteiger partial charge in [0.1, 0.15) is 0 Å². The SMILES string of the molecule is COc1c(S(=O)(=O)Cl)ncc(I)c1OC(F)(F)F. The fourth-order valence-corrected chi connectivity index (χ4v) is 2.40. The van der Waals surface area contributed by atoms with E-state index in [0.717, 1.165) is 13.3 Å². The van der Waals surface area contributed by atoms with Gasteiger partial charge in [0.15, 0.2) is 5.75 Å². The van der Waals surface area contributed by atoms with Gasteiger partial charge in [0.25, 0.3) is 9.05 Å². The Balaban J connectivity index is 3.50. The van der Waals surface area contributed by atoms with Gasteiger partial charge in [0.2, 0.25) is 10.8 Å². The fourth-order valence-electron chi connectivity index (χ4n) is 1.00. The van der Waals surface area contributed by atoms with Crippen LogP contribution in [0.5, 0.6) is 11.5 Å². The molecule has 1 rings (SSSR count). The van der Waals surface area contributed by atoms with Crippen molar-refractivity contribution < 1.29 is 31.1 Å². The number of alkyl halides is 3. The average molecular weight is 418 g/mol. The molecule has 0 amide bonds. The number of pyridine rings is 1. The van der Waals surface area contributed by atoms with E-state index in [4.69, 9.17) is 10.7 Å². The summed E-state index contributed by atoms with van der Waals surface area (Å²) in [6, 6.07) is 0. The maximum atomic E-state index is 12.2. The molecule has 1 aromatic rings. The van der Waals surface area contributed by atoms with Crippen molar-refractivity contribution in [1.29, 1.82) is 0 Å². The van der Waals surface area contributed by atoms with E-state index in [-0.39, 0.29) is 3.57 Å². The molecule has 0 aliphatic heterocycles. The maximum absolute atomic E-state index is 12.2. The zero-order chi connectivity index (χ0) is 14.1. The summed E-state index contributed by atoms with van der Waals surface area (Å²) < 4.78 is 67.0. The molecule has 1 aromatic heterocycles. The minimum atomic E-state index is -5.00. The molecule has 0 aliphatic rings. The van der Waals surface area contributed by atoms with Gasteiger partial charge in [0, 0.05) is 16.9 Å². The molecule has 0 atom stereocenters. The summed E-state index contributed by atoms with van der Waals surface area (Å²) in [7, 11) is 1.65. The number of nitrogens with zero attached hydrogens (tertiary/aromatic N) is 1. The van der Waals surface area contributed by atoms with Gasteiger partial charge in [-0.1, -0.05) is 0 Å².